The smallest absolute Gasteiger partial charge is 0.0621 e. The van der Waals surface area contributed by atoms with Crippen LogP contribution in [0.3, 0.4) is 0 Å². The molecule has 0 aromatic rings. The highest BCUT2D eigenvalue weighted by molar-refractivity contribution is 4.93. The lowest BCUT2D eigenvalue weighted by Crippen LogP contribution is -2.38. The molecule has 0 aromatic carbocycles. The van der Waals surface area contributed by atoms with E-state index in [-0.39, 0.29) is 0 Å². The second kappa shape index (κ2) is 5.68. The van der Waals surface area contributed by atoms with Gasteiger partial charge in [0.15, 0.2) is 0 Å². The number of fused-ring (bicyclic) bond motifs is 1. The minimum Gasteiger partial charge on any atom is -0.297 e. The highest BCUT2D eigenvalue weighted by Gasteiger charge is 2.39. The van der Waals surface area contributed by atoms with E-state index in [0.29, 0.717) is 0 Å². The van der Waals surface area contributed by atoms with Crippen LogP contribution in [-0.2, 0) is 0 Å². The molecule has 1 aliphatic heterocycles. The number of nitrogens with zero attached hydrogens (tertiary/aromatic N) is 2. The lowest BCUT2D eigenvalue weighted by Gasteiger charge is -2.33. The summed E-state index contributed by atoms with van der Waals surface area (Å²) in [4.78, 5) is 2.74. The van der Waals surface area contributed by atoms with Crippen LogP contribution in [-0.4, -0.2) is 23.5 Å². The maximum Gasteiger partial charge on any atom is 0.0621 e. The third-order valence-electron chi connectivity index (χ3n) is 4.46. The summed E-state index contributed by atoms with van der Waals surface area (Å²) in [6, 6.07) is 3.91. The molecule has 1 saturated heterocycles. The minimum absolute atomic E-state index is 0.732. The van der Waals surface area contributed by atoms with Gasteiger partial charge in [0.25, 0.3) is 0 Å². The largest absolute Gasteiger partial charge is 0.297 e. The number of likely N-dealkylation sites (tertiary alicyclic amines) is 1. The first-order valence-corrected chi connectivity index (χ1v) is 6.95. The molecule has 0 spiro atoms. The molecule has 0 radical (unpaired) electrons. The van der Waals surface area contributed by atoms with E-state index in [9.17, 15) is 0 Å². The summed E-state index contributed by atoms with van der Waals surface area (Å²) in [5.74, 6) is 0.986. The number of rotatable bonds is 4. The lowest BCUT2D eigenvalue weighted by molar-refractivity contribution is 0.154. The lowest BCUT2D eigenvalue weighted by atomic mass is 9.85. The fourth-order valence-corrected chi connectivity index (χ4v) is 3.68. The minimum atomic E-state index is 0.732. The summed E-state index contributed by atoms with van der Waals surface area (Å²) in [7, 11) is 0. The average molecular weight is 220 g/mol. The topological polar surface area (TPSA) is 27.0 Å². The summed E-state index contributed by atoms with van der Waals surface area (Å²) < 4.78 is 0. The Hall–Kier alpha value is -0.550. The fourth-order valence-electron chi connectivity index (χ4n) is 3.68. The van der Waals surface area contributed by atoms with Crippen molar-refractivity contribution in [3.63, 3.8) is 0 Å². The van der Waals surface area contributed by atoms with Crippen molar-refractivity contribution < 1.29 is 0 Å². The van der Waals surface area contributed by atoms with Crippen LogP contribution in [0.25, 0.3) is 0 Å². The zero-order valence-corrected chi connectivity index (χ0v) is 10.5. The Bertz CT molecular complexity index is 256. The molecule has 0 bridgehead atoms. The molecular formula is C14H24N2. The van der Waals surface area contributed by atoms with Crippen molar-refractivity contribution in [3.8, 4) is 6.07 Å². The van der Waals surface area contributed by atoms with E-state index in [1.54, 1.807) is 0 Å². The summed E-state index contributed by atoms with van der Waals surface area (Å²) >= 11 is 0. The van der Waals surface area contributed by atoms with Crippen molar-refractivity contribution in [1.29, 1.82) is 5.26 Å². The van der Waals surface area contributed by atoms with Crippen LogP contribution in [0.2, 0.25) is 0 Å². The van der Waals surface area contributed by atoms with Crippen LogP contribution in [0.5, 0.6) is 0 Å². The molecule has 0 amide bonds. The van der Waals surface area contributed by atoms with E-state index < -0.39 is 0 Å². The third kappa shape index (κ3) is 2.58. The van der Waals surface area contributed by atoms with Crippen molar-refractivity contribution in [1.82, 2.24) is 4.90 Å². The Morgan fingerprint density at radius 1 is 1.25 bits per heavy atom. The molecule has 3 atom stereocenters. The van der Waals surface area contributed by atoms with Crippen molar-refractivity contribution in [2.24, 2.45) is 5.92 Å². The molecule has 1 heterocycles. The molecule has 90 valence electrons. The fraction of sp³-hybridized carbons (Fsp3) is 0.929. The number of nitriles is 1. The molecule has 0 unspecified atom stereocenters. The van der Waals surface area contributed by atoms with Crippen LogP contribution in [0.4, 0.5) is 0 Å². The van der Waals surface area contributed by atoms with Gasteiger partial charge in [-0.25, -0.2) is 0 Å². The predicted octanol–water partition coefficient (Wildman–Crippen LogP) is 3.33. The van der Waals surface area contributed by atoms with Gasteiger partial charge in [-0.15, -0.1) is 0 Å². The normalized spacial score (nSPS) is 34.6. The van der Waals surface area contributed by atoms with Gasteiger partial charge in [-0.3, -0.25) is 4.90 Å². The van der Waals surface area contributed by atoms with Gasteiger partial charge in [0.1, 0.15) is 0 Å². The Kier molecular flexibility index (Phi) is 4.23. The molecule has 1 saturated carbocycles. The van der Waals surface area contributed by atoms with Crippen molar-refractivity contribution in [2.45, 2.75) is 70.4 Å². The SMILES string of the molecule is C[C@@H]1C[C@H]2CCCC[C@@H]2N1CCCCC#N. The predicted molar refractivity (Wildman–Crippen MR) is 66.0 cm³/mol. The van der Waals surface area contributed by atoms with Gasteiger partial charge >= 0.3 is 0 Å². The Balaban J connectivity index is 1.81. The first-order chi connectivity index (χ1) is 7.83. The van der Waals surface area contributed by atoms with Crippen LogP contribution in [0, 0.1) is 17.2 Å². The van der Waals surface area contributed by atoms with E-state index in [0.717, 1.165) is 30.8 Å². The first kappa shape index (κ1) is 11.9. The van der Waals surface area contributed by atoms with Crippen LogP contribution in [0.1, 0.15) is 58.3 Å². The molecule has 2 aliphatic rings. The molecule has 2 heteroatoms. The second-order valence-electron chi connectivity index (χ2n) is 5.55. The summed E-state index contributed by atoms with van der Waals surface area (Å²) in [5, 5.41) is 8.53. The molecule has 2 fully saturated rings. The molecule has 0 N–H and O–H groups in total. The third-order valence-corrected chi connectivity index (χ3v) is 4.46. The van der Waals surface area contributed by atoms with Crippen molar-refractivity contribution in [2.75, 3.05) is 6.54 Å². The van der Waals surface area contributed by atoms with Crippen LogP contribution in [0.15, 0.2) is 0 Å². The van der Waals surface area contributed by atoms with Gasteiger partial charge in [0, 0.05) is 18.5 Å². The second-order valence-corrected chi connectivity index (χ2v) is 5.55. The maximum atomic E-state index is 8.53. The highest BCUT2D eigenvalue weighted by atomic mass is 15.2. The Labute approximate surface area is 99.6 Å². The van der Waals surface area contributed by atoms with Gasteiger partial charge < -0.3 is 0 Å². The van der Waals surface area contributed by atoms with Crippen molar-refractivity contribution in [3.05, 3.63) is 0 Å². The van der Waals surface area contributed by atoms with E-state index >= 15 is 0 Å². The molecular weight excluding hydrogens is 196 g/mol. The molecule has 0 aromatic heterocycles. The standard InChI is InChI=1S/C14H24N2/c1-12-11-13-7-3-4-8-14(13)16(12)10-6-2-5-9-15/h12-14H,2-8,10-11H2,1H3/t12-,13-,14+/m1/s1. The summed E-state index contributed by atoms with van der Waals surface area (Å²) in [5.41, 5.74) is 0. The Morgan fingerprint density at radius 2 is 2.06 bits per heavy atom. The number of hydrogen-bond donors (Lipinski definition) is 0. The monoisotopic (exact) mass is 220 g/mol. The Morgan fingerprint density at radius 3 is 2.88 bits per heavy atom. The van der Waals surface area contributed by atoms with Gasteiger partial charge in [0.2, 0.25) is 0 Å². The average Bonchev–Trinajstić information content (AvgIpc) is 2.61. The summed E-state index contributed by atoms with van der Waals surface area (Å²) in [6.07, 6.45) is 10.2. The first-order valence-electron chi connectivity index (χ1n) is 6.95. The van der Waals surface area contributed by atoms with Gasteiger partial charge in [-0.05, 0) is 51.5 Å². The van der Waals surface area contributed by atoms with Gasteiger partial charge in [-0.1, -0.05) is 12.8 Å². The maximum absolute atomic E-state index is 8.53. The molecule has 1 aliphatic carbocycles. The van der Waals surface area contributed by atoms with Crippen molar-refractivity contribution >= 4 is 0 Å². The van der Waals surface area contributed by atoms with Crippen LogP contribution >= 0.6 is 0 Å². The number of unbranched alkanes of at least 4 members (excludes halogenated alkanes) is 2. The molecule has 16 heavy (non-hydrogen) atoms. The van der Waals surface area contributed by atoms with E-state index in [4.69, 9.17) is 5.26 Å². The summed E-state index contributed by atoms with van der Waals surface area (Å²) in [6.45, 7) is 3.62. The van der Waals surface area contributed by atoms with E-state index in [1.807, 2.05) is 0 Å². The highest BCUT2D eigenvalue weighted by Crippen LogP contribution is 2.39. The molecule has 2 nitrogen and oxygen atoms in total. The van der Waals surface area contributed by atoms with Crippen LogP contribution < -0.4 is 0 Å². The quantitative estimate of drug-likeness (QED) is 0.679. The van der Waals surface area contributed by atoms with Gasteiger partial charge in [-0.2, -0.15) is 5.26 Å². The zero-order chi connectivity index (χ0) is 11.4. The van der Waals surface area contributed by atoms with E-state index in [2.05, 4.69) is 17.9 Å². The van der Waals surface area contributed by atoms with Gasteiger partial charge in [0.05, 0.1) is 6.07 Å². The number of hydrogen-bond acceptors (Lipinski definition) is 2. The molecule has 2 rings (SSSR count). The zero-order valence-electron chi connectivity index (χ0n) is 10.5. The van der Waals surface area contributed by atoms with E-state index in [1.165, 1.54) is 45.1 Å².